The molecule has 0 unspecified atom stereocenters. The van der Waals surface area contributed by atoms with E-state index in [1.54, 1.807) is 11.9 Å². The highest BCUT2D eigenvalue weighted by Gasteiger charge is 2.17. The topological polar surface area (TPSA) is 75.0 Å². The van der Waals surface area contributed by atoms with Crippen molar-refractivity contribution in [2.75, 3.05) is 13.6 Å². The smallest absolute Gasteiger partial charge is 0.274 e. The molecule has 0 fully saturated rings. The highest BCUT2D eigenvalue weighted by atomic mass is 16.5. The van der Waals surface area contributed by atoms with E-state index in [0.717, 1.165) is 33.3 Å². The van der Waals surface area contributed by atoms with Crippen LogP contribution in [0, 0.1) is 27.7 Å². The molecule has 0 aliphatic heterocycles. The summed E-state index contributed by atoms with van der Waals surface area (Å²) in [5.74, 6) is 1.05. The number of aromatic amines is 1. The highest BCUT2D eigenvalue weighted by Crippen LogP contribution is 2.29. The van der Waals surface area contributed by atoms with Crippen LogP contribution in [0.3, 0.4) is 0 Å². The Labute approximate surface area is 175 Å². The van der Waals surface area contributed by atoms with Gasteiger partial charge in [-0.25, -0.2) is 0 Å². The third kappa shape index (κ3) is 3.85. The van der Waals surface area contributed by atoms with Crippen molar-refractivity contribution in [3.05, 3.63) is 70.0 Å². The summed E-state index contributed by atoms with van der Waals surface area (Å²) in [7, 11) is 1.80. The van der Waals surface area contributed by atoms with E-state index >= 15 is 0 Å². The van der Waals surface area contributed by atoms with Gasteiger partial charge in [0, 0.05) is 36.5 Å². The molecule has 0 radical (unpaired) electrons. The molecule has 2 aromatic heterocycles. The van der Waals surface area contributed by atoms with Gasteiger partial charge in [0.15, 0.2) is 5.82 Å². The molecule has 2 aromatic carbocycles. The van der Waals surface area contributed by atoms with Crippen molar-refractivity contribution >= 4 is 16.8 Å². The number of hydrogen-bond donors (Lipinski definition) is 1. The van der Waals surface area contributed by atoms with Gasteiger partial charge in [-0.15, -0.1) is 0 Å². The van der Waals surface area contributed by atoms with Crippen molar-refractivity contribution in [1.82, 2.24) is 20.0 Å². The predicted molar refractivity (Wildman–Crippen MR) is 118 cm³/mol. The second-order valence-corrected chi connectivity index (χ2v) is 8.04. The van der Waals surface area contributed by atoms with E-state index in [-0.39, 0.29) is 5.91 Å². The first-order valence-corrected chi connectivity index (χ1v) is 10.1. The van der Waals surface area contributed by atoms with E-state index in [4.69, 9.17) is 4.52 Å². The number of aryl methyl sites for hydroxylation is 4. The van der Waals surface area contributed by atoms with Crippen molar-refractivity contribution in [3.8, 4) is 11.6 Å². The number of fused-ring (bicyclic) bond motifs is 1. The average molecular weight is 402 g/mol. The molecule has 6 heteroatoms. The van der Waals surface area contributed by atoms with Crippen LogP contribution < -0.4 is 0 Å². The highest BCUT2D eigenvalue weighted by molar-refractivity contribution is 5.94. The Kier molecular flexibility index (Phi) is 5.16. The predicted octanol–water partition coefficient (Wildman–Crippen LogP) is 4.77. The van der Waals surface area contributed by atoms with Crippen molar-refractivity contribution in [3.63, 3.8) is 0 Å². The zero-order chi connectivity index (χ0) is 21.4. The fourth-order valence-electron chi connectivity index (χ4n) is 3.80. The first-order chi connectivity index (χ1) is 14.3. The van der Waals surface area contributed by atoms with Crippen molar-refractivity contribution in [2.45, 2.75) is 34.1 Å². The minimum atomic E-state index is -0.00708. The van der Waals surface area contributed by atoms with Crippen LogP contribution >= 0.6 is 0 Å². The maximum Gasteiger partial charge on any atom is 0.274 e. The fraction of sp³-hybridized carbons (Fsp3) is 0.292. The fourth-order valence-corrected chi connectivity index (χ4v) is 3.80. The normalized spacial score (nSPS) is 11.2. The molecule has 0 bridgehead atoms. The third-order valence-electron chi connectivity index (χ3n) is 5.38. The van der Waals surface area contributed by atoms with Gasteiger partial charge >= 0.3 is 0 Å². The summed E-state index contributed by atoms with van der Waals surface area (Å²) >= 11 is 0. The maximum absolute atomic E-state index is 12.7. The molecule has 1 amide bonds. The Bertz CT molecular complexity index is 1220. The molecule has 0 aliphatic rings. The number of benzene rings is 2. The number of amides is 1. The number of nitrogens with one attached hydrogen (secondary N) is 1. The molecule has 0 aliphatic carbocycles. The van der Waals surface area contributed by atoms with Gasteiger partial charge in [0.2, 0.25) is 0 Å². The number of carbonyl (C=O) groups excluding carboxylic acids is 1. The largest absolute Gasteiger partial charge is 0.350 e. The van der Waals surface area contributed by atoms with Gasteiger partial charge in [-0.05, 0) is 57.5 Å². The van der Waals surface area contributed by atoms with Crippen LogP contribution in [0.1, 0.15) is 38.4 Å². The van der Waals surface area contributed by atoms with Crippen molar-refractivity contribution in [2.24, 2.45) is 0 Å². The number of likely N-dealkylation sites (N-methyl/N-ethyl adjacent to an activating group) is 1. The van der Waals surface area contributed by atoms with Gasteiger partial charge in [-0.1, -0.05) is 34.0 Å². The molecule has 30 heavy (non-hydrogen) atoms. The van der Waals surface area contributed by atoms with Gasteiger partial charge in [0.1, 0.15) is 5.69 Å². The summed E-state index contributed by atoms with van der Waals surface area (Å²) in [5.41, 5.74) is 7.05. The monoisotopic (exact) mass is 402 g/mol. The molecule has 0 saturated heterocycles. The molecule has 1 N–H and O–H groups in total. The average Bonchev–Trinajstić information content (AvgIpc) is 3.29. The second-order valence-electron chi connectivity index (χ2n) is 8.04. The number of H-pyrrole nitrogens is 1. The summed E-state index contributed by atoms with van der Waals surface area (Å²) in [6, 6.07) is 12.2. The SMILES string of the molecule is Cc1cc(C)cc(C(=O)N(C)CCc2noc(-c3[nH]c4ccc(C)cc4c3C)n2)c1. The van der Waals surface area contributed by atoms with Crippen molar-refractivity contribution < 1.29 is 9.32 Å². The van der Waals surface area contributed by atoms with Crippen molar-refractivity contribution in [1.29, 1.82) is 0 Å². The van der Waals surface area contributed by atoms with Crippen LogP contribution in [0.4, 0.5) is 0 Å². The zero-order valence-corrected chi connectivity index (χ0v) is 18.0. The van der Waals surface area contributed by atoms with Gasteiger partial charge in [-0.3, -0.25) is 4.79 Å². The van der Waals surface area contributed by atoms with E-state index in [2.05, 4.69) is 46.3 Å². The molecule has 0 saturated carbocycles. The van der Waals surface area contributed by atoms with Crippen LogP contribution in [0.5, 0.6) is 0 Å². The van der Waals surface area contributed by atoms with Gasteiger partial charge in [0.25, 0.3) is 11.8 Å². The standard InChI is InChI=1S/C24H26N4O2/c1-14-6-7-20-19(13-14)17(4)22(25-20)23-26-21(27-30-23)8-9-28(5)24(29)18-11-15(2)10-16(3)12-18/h6-7,10-13,25H,8-9H2,1-5H3. The molecular formula is C24H26N4O2. The number of carbonyl (C=O) groups is 1. The second kappa shape index (κ2) is 7.78. The van der Waals surface area contributed by atoms with Gasteiger partial charge in [-0.2, -0.15) is 4.98 Å². The van der Waals surface area contributed by atoms with Gasteiger partial charge < -0.3 is 14.4 Å². The summed E-state index contributed by atoms with van der Waals surface area (Å²) in [4.78, 5) is 22.3. The molecule has 4 aromatic rings. The molecule has 4 rings (SSSR count). The van der Waals surface area contributed by atoms with E-state index in [1.807, 2.05) is 32.9 Å². The molecule has 154 valence electrons. The lowest BCUT2D eigenvalue weighted by Crippen LogP contribution is -2.29. The summed E-state index contributed by atoms with van der Waals surface area (Å²) in [5, 5.41) is 5.27. The maximum atomic E-state index is 12.7. The summed E-state index contributed by atoms with van der Waals surface area (Å²) in [6.07, 6.45) is 0.523. The number of rotatable bonds is 5. The lowest BCUT2D eigenvalue weighted by molar-refractivity contribution is 0.0795. The quantitative estimate of drug-likeness (QED) is 0.522. The summed E-state index contributed by atoms with van der Waals surface area (Å²) in [6.45, 7) is 8.63. The van der Waals surface area contributed by atoms with E-state index < -0.39 is 0 Å². The lowest BCUT2D eigenvalue weighted by atomic mass is 10.1. The van der Waals surface area contributed by atoms with Crippen LogP contribution in [-0.4, -0.2) is 39.5 Å². The van der Waals surface area contributed by atoms with E-state index in [9.17, 15) is 4.79 Å². The lowest BCUT2D eigenvalue weighted by Gasteiger charge is -2.17. The van der Waals surface area contributed by atoms with Crippen LogP contribution in [0.25, 0.3) is 22.5 Å². The molecule has 0 atom stereocenters. The minimum Gasteiger partial charge on any atom is -0.350 e. The Morgan fingerprint density at radius 1 is 1.03 bits per heavy atom. The Morgan fingerprint density at radius 2 is 1.77 bits per heavy atom. The zero-order valence-electron chi connectivity index (χ0n) is 18.0. The molecular weight excluding hydrogens is 376 g/mol. The minimum absolute atomic E-state index is 0.00708. The number of nitrogens with zero attached hydrogens (tertiary/aromatic N) is 3. The van der Waals surface area contributed by atoms with Crippen LogP contribution in [0.15, 0.2) is 40.9 Å². The van der Waals surface area contributed by atoms with Gasteiger partial charge in [0.05, 0.1) is 0 Å². The molecule has 6 nitrogen and oxygen atoms in total. The van der Waals surface area contributed by atoms with Crippen LogP contribution in [-0.2, 0) is 6.42 Å². The Morgan fingerprint density at radius 3 is 2.50 bits per heavy atom. The number of hydrogen-bond acceptors (Lipinski definition) is 4. The molecule has 2 heterocycles. The summed E-state index contributed by atoms with van der Waals surface area (Å²) < 4.78 is 5.50. The Hall–Kier alpha value is -3.41. The van der Waals surface area contributed by atoms with Crippen LogP contribution in [0.2, 0.25) is 0 Å². The third-order valence-corrected chi connectivity index (χ3v) is 5.38. The first kappa shape index (κ1) is 19.9. The van der Waals surface area contributed by atoms with E-state index in [0.29, 0.717) is 30.2 Å². The first-order valence-electron chi connectivity index (χ1n) is 10.1. The number of aromatic nitrogens is 3. The Balaban J connectivity index is 1.47. The van der Waals surface area contributed by atoms with E-state index in [1.165, 1.54) is 5.56 Å². The molecule has 0 spiro atoms.